The van der Waals surface area contributed by atoms with Crippen LogP contribution in [0.15, 0.2) is 24.3 Å². The molecule has 4 nitrogen and oxygen atoms in total. The SMILES string of the molecule is O=C(O)CN1CCc2c([nH]c3ccccc23)C1. The zero-order valence-corrected chi connectivity index (χ0v) is 9.44. The van der Waals surface area contributed by atoms with Crippen LogP contribution in [0.2, 0.25) is 0 Å². The smallest absolute Gasteiger partial charge is 0.317 e. The minimum absolute atomic E-state index is 0.120. The molecule has 88 valence electrons. The second-order valence-electron chi connectivity index (χ2n) is 4.48. The van der Waals surface area contributed by atoms with E-state index in [4.69, 9.17) is 5.11 Å². The van der Waals surface area contributed by atoms with E-state index in [2.05, 4.69) is 17.1 Å². The van der Waals surface area contributed by atoms with Crippen LogP contribution in [-0.2, 0) is 17.8 Å². The molecular formula is C13H14N2O2. The summed E-state index contributed by atoms with van der Waals surface area (Å²) in [6.45, 7) is 1.65. The number of hydrogen-bond acceptors (Lipinski definition) is 2. The third-order valence-corrected chi connectivity index (χ3v) is 3.32. The number of aromatic nitrogens is 1. The molecule has 0 spiro atoms. The van der Waals surface area contributed by atoms with Crippen LogP contribution < -0.4 is 0 Å². The van der Waals surface area contributed by atoms with Crippen molar-refractivity contribution in [1.82, 2.24) is 9.88 Å². The normalized spacial score (nSPS) is 16.0. The van der Waals surface area contributed by atoms with E-state index in [1.807, 2.05) is 17.0 Å². The molecule has 1 aromatic carbocycles. The number of hydrogen-bond donors (Lipinski definition) is 2. The average Bonchev–Trinajstić information content (AvgIpc) is 2.65. The van der Waals surface area contributed by atoms with E-state index in [0.717, 1.165) is 18.5 Å². The maximum atomic E-state index is 10.7. The molecular weight excluding hydrogens is 216 g/mol. The van der Waals surface area contributed by atoms with Gasteiger partial charge in [0.15, 0.2) is 0 Å². The van der Waals surface area contributed by atoms with Gasteiger partial charge in [-0.15, -0.1) is 0 Å². The minimum atomic E-state index is -0.760. The summed E-state index contributed by atoms with van der Waals surface area (Å²) in [5, 5.41) is 10.1. The summed E-state index contributed by atoms with van der Waals surface area (Å²) in [5.74, 6) is -0.760. The lowest BCUT2D eigenvalue weighted by molar-refractivity contribution is -0.138. The maximum Gasteiger partial charge on any atom is 0.317 e. The van der Waals surface area contributed by atoms with Gasteiger partial charge in [0.25, 0.3) is 0 Å². The van der Waals surface area contributed by atoms with Crippen LogP contribution in [0.4, 0.5) is 0 Å². The van der Waals surface area contributed by atoms with Gasteiger partial charge in [0, 0.05) is 29.7 Å². The zero-order valence-electron chi connectivity index (χ0n) is 9.44. The topological polar surface area (TPSA) is 56.3 Å². The van der Waals surface area contributed by atoms with E-state index in [9.17, 15) is 4.79 Å². The third-order valence-electron chi connectivity index (χ3n) is 3.32. The van der Waals surface area contributed by atoms with Gasteiger partial charge in [0.05, 0.1) is 6.54 Å². The molecule has 0 bridgehead atoms. The van der Waals surface area contributed by atoms with Crippen LogP contribution >= 0.6 is 0 Å². The summed E-state index contributed by atoms with van der Waals surface area (Å²) in [5.41, 5.74) is 3.66. The summed E-state index contributed by atoms with van der Waals surface area (Å²) < 4.78 is 0. The van der Waals surface area contributed by atoms with Crippen molar-refractivity contribution < 1.29 is 9.90 Å². The van der Waals surface area contributed by atoms with Crippen LogP contribution in [-0.4, -0.2) is 34.0 Å². The Hall–Kier alpha value is -1.81. The number of aromatic amines is 1. The number of nitrogens with zero attached hydrogens (tertiary/aromatic N) is 1. The number of rotatable bonds is 2. The number of benzene rings is 1. The number of H-pyrrole nitrogens is 1. The van der Waals surface area contributed by atoms with Crippen LogP contribution in [0.3, 0.4) is 0 Å². The fourth-order valence-corrected chi connectivity index (χ4v) is 2.58. The Labute approximate surface area is 98.9 Å². The Morgan fingerprint density at radius 3 is 3.06 bits per heavy atom. The summed E-state index contributed by atoms with van der Waals surface area (Å²) in [7, 11) is 0. The number of carboxylic acids is 1. The quantitative estimate of drug-likeness (QED) is 0.824. The molecule has 2 N–H and O–H groups in total. The first-order valence-electron chi connectivity index (χ1n) is 5.76. The number of fused-ring (bicyclic) bond motifs is 3. The monoisotopic (exact) mass is 230 g/mol. The van der Waals surface area contributed by atoms with Gasteiger partial charge in [-0.25, -0.2) is 0 Å². The molecule has 2 aromatic rings. The van der Waals surface area contributed by atoms with Crippen LogP contribution in [0.1, 0.15) is 11.3 Å². The first kappa shape index (κ1) is 10.4. The van der Waals surface area contributed by atoms with E-state index >= 15 is 0 Å². The van der Waals surface area contributed by atoms with Crippen molar-refractivity contribution in [1.29, 1.82) is 0 Å². The lowest BCUT2D eigenvalue weighted by Gasteiger charge is -2.25. The van der Waals surface area contributed by atoms with E-state index in [0.29, 0.717) is 6.54 Å². The molecule has 0 unspecified atom stereocenters. The molecule has 0 atom stereocenters. The highest BCUT2D eigenvalue weighted by Crippen LogP contribution is 2.27. The second-order valence-corrected chi connectivity index (χ2v) is 4.48. The van der Waals surface area contributed by atoms with E-state index in [-0.39, 0.29) is 6.54 Å². The van der Waals surface area contributed by atoms with E-state index in [1.165, 1.54) is 16.6 Å². The van der Waals surface area contributed by atoms with Crippen molar-refractivity contribution in [3.63, 3.8) is 0 Å². The molecule has 3 rings (SSSR count). The number of nitrogens with one attached hydrogen (secondary N) is 1. The fraction of sp³-hybridized carbons (Fsp3) is 0.308. The predicted octanol–water partition coefficient (Wildman–Crippen LogP) is 1.61. The van der Waals surface area contributed by atoms with Gasteiger partial charge in [0.1, 0.15) is 0 Å². The van der Waals surface area contributed by atoms with Gasteiger partial charge in [-0.3, -0.25) is 9.69 Å². The molecule has 4 heteroatoms. The van der Waals surface area contributed by atoms with Crippen LogP contribution in [0.25, 0.3) is 10.9 Å². The van der Waals surface area contributed by atoms with Gasteiger partial charge < -0.3 is 10.1 Å². The lowest BCUT2D eigenvalue weighted by Crippen LogP contribution is -2.34. The fourth-order valence-electron chi connectivity index (χ4n) is 2.58. The summed E-state index contributed by atoms with van der Waals surface area (Å²) in [6.07, 6.45) is 0.923. The van der Waals surface area contributed by atoms with Crippen molar-refractivity contribution in [3.05, 3.63) is 35.5 Å². The largest absolute Gasteiger partial charge is 0.480 e. The highest BCUT2D eigenvalue weighted by molar-refractivity contribution is 5.84. The molecule has 0 radical (unpaired) electrons. The Balaban J connectivity index is 1.95. The molecule has 0 saturated carbocycles. The molecule has 17 heavy (non-hydrogen) atoms. The van der Waals surface area contributed by atoms with E-state index < -0.39 is 5.97 Å². The summed E-state index contributed by atoms with van der Waals surface area (Å²) >= 11 is 0. The van der Waals surface area contributed by atoms with Gasteiger partial charge >= 0.3 is 5.97 Å². The molecule has 0 saturated heterocycles. The molecule has 0 fully saturated rings. The Bertz CT molecular complexity index is 574. The van der Waals surface area contributed by atoms with Crippen LogP contribution in [0.5, 0.6) is 0 Å². The van der Waals surface area contributed by atoms with Gasteiger partial charge in [-0.05, 0) is 18.1 Å². The molecule has 1 aliphatic heterocycles. The number of para-hydroxylation sites is 1. The third kappa shape index (κ3) is 1.80. The Morgan fingerprint density at radius 1 is 1.41 bits per heavy atom. The standard InChI is InChI=1S/C13H14N2O2/c16-13(17)8-15-6-5-10-9-3-1-2-4-11(9)14-12(10)7-15/h1-4,14H,5-8H2,(H,16,17). The van der Waals surface area contributed by atoms with Gasteiger partial charge in [-0.1, -0.05) is 18.2 Å². The summed E-state index contributed by atoms with van der Waals surface area (Å²) in [6, 6.07) is 8.24. The predicted molar refractivity (Wildman–Crippen MR) is 64.9 cm³/mol. The van der Waals surface area contributed by atoms with E-state index in [1.54, 1.807) is 0 Å². The number of carbonyl (C=O) groups is 1. The Morgan fingerprint density at radius 2 is 2.24 bits per heavy atom. The zero-order chi connectivity index (χ0) is 11.8. The minimum Gasteiger partial charge on any atom is -0.480 e. The number of carboxylic acid groups (broad SMARTS) is 1. The number of aliphatic carboxylic acids is 1. The molecule has 1 aromatic heterocycles. The van der Waals surface area contributed by atoms with Gasteiger partial charge in [-0.2, -0.15) is 0 Å². The van der Waals surface area contributed by atoms with Crippen molar-refractivity contribution in [2.45, 2.75) is 13.0 Å². The highest BCUT2D eigenvalue weighted by atomic mass is 16.4. The van der Waals surface area contributed by atoms with Crippen molar-refractivity contribution in [2.24, 2.45) is 0 Å². The van der Waals surface area contributed by atoms with Crippen molar-refractivity contribution in [3.8, 4) is 0 Å². The molecule has 2 heterocycles. The maximum absolute atomic E-state index is 10.7. The summed E-state index contributed by atoms with van der Waals surface area (Å²) in [4.78, 5) is 16.0. The highest BCUT2D eigenvalue weighted by Gasteiger charge is 2.21. The molecule has 0 amide bonds. The van der Waals surface area contributed by atoms with Crippen molar-refractivity contribution >= 4 is 16.9 Å². The van der Waals surface area contributed by atoms with Crippen molar-refractivity contribution in [2.75, 3.05) is 13.1 Å². The first-order chi connectivity index (χ1) is 8.24. The van der Waals surface area contributed by atoms with Gasteiger partial charge in [0.2, 0.25) is 0 Å². The Kier molecular flexibility index (Phi) is 2.37. The molecule has 1 aliphatic rings. The molecule has 0 aliphatic carbocycles. The average molecular weight is 230 g/mol. The van der Waals surface area contributed by atoms with Crippen LogP contribution in [0, 0.1) is 0 Å². The second kappa shape index (κ2) is 3.89. The first-order valence-corrected chi connectivity index (χ1v) is 5.76. The lowest BCUT2D eigenvalue weighted by atomic mass is 10.0.